The molecule has 0 aliphatic heterocycles. The molecule has 7 nitrogen and oxygen atoms in total. The summed E-state index contributed by atoms with van der Waals surface area (Å²) in [5.74, 6) is -0.529. The van der Waals surface area contributed by atoms with E-state index < -0.39 is 22.2 Å². The molecular formula is C9H8N2O5. The SMILES string of the molecule is O=C(Cc1ccc([N+](=O)[O-])cc1)C[N+](=O)[O-]. The summed E-state index contributed by atoms with van der Waals surface area (Å²) in [4.78, 5) is 30.2. The van der Waals surface area contributed by atoms with Crippen LogP contribution in [0, 0.1) is 20.2 Å². The van der Waals surface area contributed by atoms with Crippen molar-refractivity contribution >= 4 is 11.5 Å². The second-order valence-electron chi connectivity index (χ2n) is 3.13. The first-order valence-electron chi connectivity index (χ1n) is 4.36. The van der Waals surface area contributed by atoms with Gasteiger partial charge in [-0.2, -0.15) is 0 Å². The van der Waals surface area contributed by atoms with Crippen molar-refractivity contribution in [3.63, 3.8) is 0 Å². The number of nitrogens with zero attached hydrogens (tertiary/aromatic N) is 2. The molecule has 84 valence electrons. The third kappa shape index (κ3) is 3.45. The normalized spacial score (nSPS) is 9.75. The standard InChI is InChI=1S/C9H8N2O5/c12-9(6-10(13)14)5-7-1-3-8(4-2-7)11(15)16/h1-4H,5-6H2. The molecule has 16 heavy (non-hydrogen) atoms. The molecular weight excluding hydrogens is 216 g/mol. The van der Waals surface area contributed by atoms with Gasteiger partial charge in [0.15, 0.2) is 0 Å². The van der Waals surface area contributed by atoms with Gasteiger partial charge in [-0.25, -0.2) is 0 Å². The van der Waals surface area contributed by atoms with E-state index in [2.05, 4.69) is 0 Å². The summed E-state index contributed by atoms with van der Waals surface area (Å²) in [6.07, 6.45) is -0.0844. The lowest BCUT2D eigenvalue weighted by atomic mass is 10.1. The molecule has 0 unspecified atom stereocenters. The van der Waals surface area contributed by atoms with Crippen molar-refractivity contribution in [1.82, 2.24) is 0 Å². The Balaban J connectivity index is 2.65. The fraction of sp³-hybridized carbons (Fsp3) is 0.222. The second-order valence-corrected chi connectivity index (χ2v) is 3.13. The van der Waals surface area contributed by atoms with Crippen LogP contribution in [-0.4, -0.2) is 22.2 Å². The molecule has 0 aliphatic rings. The van der Waals surface area contributed by atoms with Crippen LogP contribution in [0.15, 0.2) is 24.3 Å². The van der Waals surface area contributed by atoms with E-state index in [1.54, 1.807) is 0 Å². The fourth-order valence-corrected chi connectivity index (χ4v) is 1.16. The predicted molar refractivity (Wildman–Crippen MR) is 53.7 cm³/mol. The minimum Gasteiger partial charge on any atom is -0.292 e. The smallest absolute Gasteiger partial charge is 0.269 e. The van der Waals surface area contributed by atoms with Gasteiger partial charge in [-0.05, 0) is 5.56 Å². The van der Waals surface area contributed by atoms with Crippen molar-refractivity contribution in [3.05, 3.63) is 50.1 Å². The minimum atomic E-state index is -0.725. The molecule has 0 atom stereocenters. The Morgan fingerprint density at radius 2 is 1.69 bits per heavy atom. The van der Waals surface area contributed by atoms with Crippen molar-refractivity contribution in [3.8, 4) is 0 Å². The Kier molecular flexibility index (Phi) is 3.65. The van der Waals surface area contributed by atoms with Crippen molar-refractivity contribution in [2.75, 3.05) is 6.54 Å². The number of hydrogen-bond donors (Lipinski definition) is 0. The van der Waals surface area contributed by atoms with Gasteiger partial charge in [0.05, 0.1) is 4.92 Å². The Labute approximate surface area is 90.0 Å². The fourth-order valence-electron chi connectivity index (χ4n) is 1.16. The topological polar surface area (TPSA) is 103 Å². The van der Waals surface area contributed by atoms with Crippen LogP contribution in [-0.2, 0) is 11.2 Å². The third-order valence-corrected chi connectivity index (χ3v) is 1.85. The van der Waals surface area contributed by atoms with Crippen molar-refractivity contribution in [2.24, 2.45) is 0 Å². The maximum absolute atomic E-state index is 11.1. The van der Waals surface area contributed by atoms with Crippen molar-refractivity contribution < 1.29 is 14.6 Å². The Morgan fingerprint density at radius 1 is 1.12 bits per heavy atom. The molecule has 0 radical (unpaired) electrons. The molecule has 0 fully saturated rings. The highest BCUT2D eigenvalue weighted by atomic mass is 16.6. The van der Waals surface area contributed by atoms with E-state index in [1.807, 2.05) is 0 Å². The summed E-state index contributed by atoms with van der Waals surface area (Å²) in [5.41, 5.74) is 0.447. The van der Waals surface area contributed by atoms with Crippen molar-refractivity contribution in [1.29, 1.82) is 0 Å². The molecule has 0 N–H and O–H groups in total. The van der Waals surface area contributed by atoms with Gasteiger partial charge in [0.2, 0.25) is 5.78 Å². The van der Waals surface area contributed by atoms with Gasteiger partial charge in [-0.3, -0.25) is 25.0 Å². The number of hydrogen-bond acceptors (Lipinski definition) is 5. The zero-order valence-corrected chi connectivity index (χ0v) is 8.16. The van der Waals surface area contributed by atoms with Crippen LogP contribution in [0.3, 0.4) is 0 Å². The molecule has 0 saturated heterocycles. The molecule has 0 heterocycles. The van der Waals surface area contributed by atoms with E-state index in [0.29, 0.717) is 5.56 Å². The highest BCUT2D eigenvalue weighted by molar-refractivity contribution is 5.81. The maximum Gasteiger partial charge on any atom is 0.269 e. The van der Waals surface area contributed by atoms with Crippen LogP contribution in [0.25, 0.3) is 0 Å². The van der Waals surface area contributed by atoms with Crippen LogP contribution in [0.1, 0.15) is 5.56 Å². The number of nitro benzene ring substituents is 1. The number of carbonyl (C=O) groups excluding carboxylic acids is 1. The third-order valence-electron chi connectivity index (χ3n) is 1.85. The second kappa shape index (κ2) is 4.96. The van der Waals surface area contributed by atoms with Crippen LogP contribution >= 0.6 is 0 Å². The molecule has 1 rings (SSSR count). The average Bonchev–Trinajstić information content (AvgIpc) is 2.16. The minimum absolute atomic E-state index is 0.0783. The summed E-state index contributed by atoms with van der Waals surface area (Å²) in [5, 5.41) is 20.4. The zero-order valence-electron chi connectivity index (χ0n) is 8.16. The highest BCUT2D eigenvalue weighted by Crippen LogP contribution is 2.12. The molecule has 1 aromatic rings. The summed E-state index contributed by atoms with van der Waals surface area (Å²) in [6.45, 7) is -0.725. The molecule has 7 heteroatoms. The van der Waals surface area contributed by atoms with Crippen LogP contribution < -0.4 is 0 Å². The first kappa shape index (κ1) is 11.8. The van der Waals surface area contributed by atoms with E-state index in [1.165, 1.54) is 24.3 Å². The number of non-ortho nitro benzene ring substituents is 1. The number of carbonyl (C=O) groups is 1. The average molecular weight is 224 g/mol. The summed E-state index contributed by atoms with van der Waals surface area (Å²) in [7, 11) is 0. The molecule has 0 aromatic heterocycles. The quantitative estimate of drug-likeness (QED) is 0.547. The van der Waals surface area contributed by atoms with Gasteiger partial charge in [-0.1, -0.05) is 12.1 Å². The Hall–Kier alpha value is -2.31. The van der Waals surface area contributed by atoms with Crippen LogP contribution in [0.4, 0.5) is 5.69 Å². The number of Topliss-reactive ketones (excluding diaryl/α,β-unsaturated/α-hetero) is 1. The summed E-state index contributed by atoms with van der Waals surface area (Å²) < 4.78 is 0. The molecule has 0 amide bonds. The number of nitro groups is 2. The first-order valence-corrected chi connectivity index (χ1v) is 4.36. The molecule has 0 spiro atoms. The van der Waals surface area contributed by atoms with Crippen LogP contribution in [0.5, 0.6) is 0 Å². The Bertz CT molecular complexity index is 426. The summed E-state index contributed by atoms with van der Waals surface area (Å²) in [6, 6.07) is 5.34. The first-order chi connectivity index (χ1) is 7.49. The van der Waals surface area contributed by atoms with Gasteiger partial charge in [0.25, 0.3) is 12.2 Å². The van der Waals surface area contributed by atoms with Gasteiger partial charge >= 0.3 is 0 Å². The zero-order chi connectivity index (χ0) is 12.1. The van der Waals surface area contributed by atoms with E-state index in [4.69, 9.17) is 0 Å². The number of ketones is 1. The van der Waals surface area contributed by atoms with Gasteiger partial charge < -0.3 is 0 Å². The number of benzene rings is 1. The van der Waals surface area contributed by atoms with E-state index in [9.17, 15) is 25.0 Å². The number of rotatable bonds is 5. The lowest BCUT2D eigenvalue weighted by molar-refractivity contribution is -0.467. The molecule has 0 bridgehead atoms. The maximum atomic E-state index is 11.1. The lowest BCUT2D eigenvalue weighted by Gasteiger charge is -1.97. The van der Waals surface area contributed by atoms with E-state index in [0.717, 1.165) is 0 Å². The molecule has 1 aromatic carbocycles. The van der Waals surface area contributed by atoms with Gasteiger partial charge in [0.1, 0.15) is 0 Å². The summed E-state index contributed by atoms with van der Waals surface area (Å²) >= 11 is 0. The monoisotopic (exact) mass is 224 g/mol. The van der Waals surface area contributed by atoms with Crippen molar-refractivity contribution in [2.45, 2.75) is 6.42 Å². The van der Waals surface area contributed by atoms with Gasteiger partial charge in [-0.15, -0.1) is 0 Å². The predicted octanol–water partition coefficient (Wildman–Crippen LogP) is 0.983. The van der Waals surface area contributed by atoms with Gasteiger partial charge in [0, 0.05) is 23.5 Å². The molecule has 0 saturated carbocycles. The van der Waals surface area contributed by atoms with Crippen LogP contribution in [0.2, 0.25) is 0 Å². The van der Waals surface area contributed by atoms with E-state index in [-0.39, 0.29) is 12.1 Å². The molecule has 0 aliphatic carbocycles. The van der Waals surface area contributed by atoms with E-state index >= 15 is 0 Å². The Morgan fingerprint density at radius 3 is 2.12 bits per heavy atom. The lowest BCUT2D eigenvalue weighted by Crippen LogP contribution is -2.15. The highest BCUT2D eigenvalue weighted by Gasteiger charge is 2.11. The largest absolute Gasteiger partial charge is 0.292 e.